The summed E-state index contributed by atoms with van der Waals surface area (Å²) in [5.74, 6) is 0.859. The molecule has 0 amide bonds. The van der Waals surface area contributed by atoms with E-state index in [0.29, 0.717) is 5.54 Å². The zero-order chi connectivity index (χ0) is 9.90. The first-order valence-corrected chi connectivity index (χ1v) is 5.50. The van der Waals surface area contributed by atoms with Crippen molar-refractivity contribution in [2.45, 2.75) is 39.2 Å². The van der Waals surface area contributed by atoms with Crippen LogP contribution in [0.25, 0.3) is 0 Å². The van der Waals surface area contributed by atoms with Crippen LogP contribution in [-0.4, -0.2) is 37.1 Å². The van der Waals surface area contributed by atoms with Gasteiger partial charge in [0.25, 0.3) is 0 Å². The van der Waals surface area contributed by atoms with Crippen molar-refractivity contribution in [3.63, 3.8) is 0 Å². The number of rotatable bonds is 3. The molecule has 0 aromatic rings. The number of hydrogen-bond acceptors (Lipinski definition) is 2. The zero-order valence-electron chi connectivity index (χ0n) is 9.56. The van der Waals surface area contributed by atoms with Crippen molar-refractivity contribution in [3.05, 3.63) is 0 Å². The number of hydrogen-bond donors (Lipinski definition) is 1. The fourth-order valence-electron chi connectivity index (χ4n) is 2.38. The molecule has 1 saturated heterocycles. The summed E-state index contributed by atoms with van der Waals surface area (Å²) in [6.45, 7) is 10.6. The van der Waals surface area contributed by atoms with Crippen LogP contribution in [0.3, 0.4) is 0 Å². The van der Waals surface area contributed by atoms with Gasteiger partial charge in [-0.25, -0.2) is 0 Å². The highest BCUT2D eigenvalue weighted by molar-refractivity contribution is 4.88. The van der Waals surface area contributed by atoms with Gasteiger partial charge in [0.05, 0.1) is 0 Å². The molecule has 0 saturated carbocycles. The van der Waals surface area contributed by atoms with Crippen LogP contribution in [0.5, 0.6) is 0 Å². The Balaban J connectivity index is 2.48. The van der Waals surface area contributed by atoms with Gasteiger partial charge in [-0.2, -0.15) is 0 Å². The molecule has 1 heterocycles. The smallest absolute Gasteiger partial charge is 0.0153 e. The van der Waals surface area contributed by atoms with E-state index in [2.05, 4.69) is 38.0 Å². The quantitative estimate of drug-likeness (QED) is 0.718. The van der Waals surface area contributed by atoms with E-state index in [4.69, 9.17) is 0 Å². The van der Waals surface area contributed by atoms with E-state index >= 15 is 0 Å². The van der Waals surface area contributed by atoms with Crippen molar-refractivity contribution in [1.29, 1.82) is 0 Å². The number of nitrogens with zero attached hydrogens (tertiary/aromatic N) is 1. The van der Waals surface area contributed by atoms with Gasteiger partial charge in [0, 0.05) is 12.1 Å². The molecule has 1 rings (SSSR count). The van der Waals surface area contributed by atoms with Gasteiger partial charge >= 0.3 is 0 Å². The Morgan fingerprint density at radius 1 is 1.46 bits per heavy atom. The second kappa shape index (κ2) is 4.43. The van der Waals surface area contributed by atoms with Gasteiger partial charge in [0.2, 0.25) is 0 Å². The normalized spacial score (nSPS) is 29.1. The number of likely N-dealkylation sites (tertiary alicyclic amines) is 1. The van der Waals surface area contributed by atoms with Crippen LogP contribution in [-0.2, 0) is 0 Å². The van der Waals surface area contributed by atoms with Crippen LogP contribution < -0.4 is 5.32 Å². The van der Waals surface area contributed by atoms with Gasteiger partial charge in [0.15, 0.2) is 0 Å². The first-order valence-electron chi connectivity index (χ1n) is 5.50. The number of piperidine rings is 1. The zero-order valence-corrected chi connectivity index (χ0v) is 9.56. The molecule has 1 atom stereocenters. The van der Waals surface area contributed by atoms with E-state index in [9.17, 15) is 0 Å². The molecule has 0 aliphatic carbocycles. The van der Waals surface area contributed by atoms with E-state index in [0.717, 1.165) is 5.92 Å². The van der Waals surface area contributed by atoms with Crippen LogP contribution >= 0.6 is 0 Å². The Kier molecular flexibility index (Phi) is 3.74. The van der Waals surface area contributed by atoms with E-state index < -0.39 is 0 Å². The first-order chi connectivity index (χ1) is 6.10. The molecule has 1 unspecified atom stereocenters. The van der Waals surface area contributed by atoms with Gasteiger partial charge in [-0.15, -0.1) is 0 Å². The monoisotopic (exact) mass is 184 g/mol. The Morgan fingerprint density at radius 2 is 2.15 bits per heavy atom. The Morgan fingerprint density at radius 3 is 2.69 bits per heavy atom. The minimum Gasteiger partial charge on any atom is -0.319 e. The molecule has 0 spiro atoms. The van der Waals surface area contributed by atoms with Gasteiger partial charge in [0.1, 0.15) is 0 Å². The maximum absolute atomic E-state index is 3.28. The van der Waals surface area contributed by atoms with Crippen molar-refractivity contribution in [2.24, 2.45) is 5.92 Å². The largest absolute Gasteiger partial charge is 0.319 e. The lowest BCUT2D eigenvalue weighted by Gasteiger charge is -2.45. The average Bonchev–Trinajstić information content (AvgIpc) is 2.08. The van der Waals surface area contributed by atoms with Crippen LogP contribution in [0.15, 0.2) is 0 Å². The molecule has 1 N–H and O–H groups in total. The SMILES string of the molecule is CCN1CC(CNC)CCC1(C)C. The molecule has 78 valence electrons. The highest BCUT2D eigenvalue weighted by atomic mass is 15.2. The van der Waals surface area contributed by atoms with E-state index in [-0.39, 0.29) is 0 Å². The minimum atomic E-state index is 0.430. The molecule has 2 heteroatoms. The summed E-state index contributed by atoms with van der Waals surface area (Å²) in [6.07, 6.45) is 2.72. The third-order valence-corrected chi connectivity index (χ3v) is 3.37. The summed E-state index contributed by atoms with van der Waals surface area (Å²) in [4.78, 5) is 2.61. The van der Waals surface area contributed by atoms with Crippen molar-refractivity contribution < 1.29 is 0 Å². The predicted octanol–water partition coefficient (Wildman–Crippen LogP) is 1.72. The molecule has 1 aliphatic heterocycles. The van der Waals surface area contributed by atoms with E-state index in [1.165, 1.54) is 32.5 Å². The lowest BCUT2D eigenvalue weighted by molar-refractivity contribution is 0.0510. The molecule has 1 aliphatic rings. The van der Waals surface area contributed by atoms with Gasteiger partial charge in [-0.1, -0.05) is 6.92 Å². The third-order valence-electron chi connectivity index (χ3n) is 3.37. The fourth-order valence-corrected chi connectivity index (χ4v) is 2.38. The van der Waals surface area contributed by atoms with Crippen molar-refractivity contribution in [1.82, 2.24) is 10.2 Å². The van der Waals surface area contributed by atoms with Gasteiger partial charge in [-0.3, -0.25) is 4.90 Å². The Labute approximate surface area is 82.7 Å². The minimum absolute atomic E-state index is 0.430. The summed E-state index contributed by atoms with van der Waals surface area (Å²) in [6, 6.07) is 0. The second-order valence-electron chi connectivity index (χ2n) is 4.81. The molecular formula is C11H24N2. The van der Waals surface area contributed by atoms with Gasteiger partial charge in [-0.05, 0) is 52.7 Å². The molecule has 0 bridgehead atoms. The van der Waals surface area contributed by atoms with Gasteiger partial charge < -0.3 is 5.32 Å². The fraction of sp³-hybridized carbons (Fsp3) is 1.00. The molecule has 13 heavy (non-hydrogen) atoms. The van der Waals surface area contributed by atoms with E-state index in [1.807, 2.05) is 0 Å². The lowest BCUT2D eigenvalue weighted by atomic mass is 9.85. The van der Waals surface area contributed by atoms with E-state index in [1.54, 1.807) is 0 Å². The highest BCUT2D eigenvalue weighted by Gasteiger charge is 2.32. The highest BCUT2D eigenvalue weighted by Crippen LogP contribution is 2.29. The van der Waals surface area contributed by atoms with Crippen molar-refractivity contribution in [2.75, 3.05) is 26.7 Å². The molecule has 0 radical (unpaired) electrons. The molecular weight excluding hydrogens is 160 g/mol. The van der Waals surface area contributed by atoms with Crippen LogP contribution in [0.4, 0.5) is 0 Å². The van der Waals surface area contributed by atoms with Crippen molar-refractivity contribution >= 4 is 0 Å². The standard InChI is InChI=1S/C11H24N2/c1-5-13-9-10(8-12-4)6-7-11(13,2)3/h10,12H,5-9H2,1-4H3. The molecule has 0 aromatic carbocycles. The molecule has 1 fully saturated rings. The lowest BCUT2D eigenvalue weighted by Crippen LogP contribution is -2.51. The van der Waals surface area contributed by atoms with Crippen molar-refractivity contribution in [3.8, 4) is 0 Å². The summed E-state index contributed by atoms with van der Waals surface area (Å²) in [5, 5.41) is 3.28. The summed E-state index contributed by atoms with van der Waals surface area (Å²) < 4.78 is 0. The van der Waals surface area contributed by atoms with Crippen LogP contribution in [0.1, 0.15) is 33.6 Å². The maximum Gasteiger partial charge on any atom is 0.0153 e. The molecule has 2 nitrogen and oxygen atoms in total. The molecule has 0 aromatic heterocycles. The Hall–Kier alpha value is -0.0800. The Bertz CT molecular complexity index is 154. The predicted molar refractivity (Wildman–Crippen MR) is 58.0 cm³/mol. The second-order valence-corrected chi connectivity index (χ2v) is 4.81. The maximum atomic E-state index is 3.28. The van der Waals surface area contributed by atoms with Crippen LogP contribution in [0, 0.1) is 5.92 Å². The third kappa shape index (κ3) is 2.68. The number of nitrogens with one attached hydrogen (secondary N) is 1. The average molecular weight is 184 g/mol. The topological polar surface area (TPSA) is 15.3 Å². The summed E-state index contributed by atoms with van der Waals surface area (Å²) >= 11 is 0. The summed E-state index contributed by atoms with van der Waals surface area (Å²) in [5.41, 5.74) is 0.430. The summed E-state index contributed by atoms with van der Waals surface area (Å²) in [7, 11) is 2.05. The van der Waals surface area contributed by atoms with Crippen LogP contribution in [0.2, 0.25) is 0 Å². The first kappa shape index (κ1) is 11.0.